The highest BCUT2D eigenvalue weighted by Crippen LogP contribution is 2.25. The summed E-state index contributed by atoms with van der Waals surface area (Å²) in [5.41, 5.74) is 2.01. The van der Waals surface area contributed by atoms with Crippen molar-refractivity contribution in [2.45, 2.75) is 6.42 Å². The standard InChI is InChI=1S/C11H13NO2/c1-12-7-8-3-4-9(14-2)5-6-10(8)11(12)13/h3-5H,6-7H2,1-2H3. The third kappa shape index (κ3) is 1.35. The van der Waals surface area contributed by atoms with Crippen LogP contribution in [0.2, 0.25) is 0 Å². The smallest absolute Gasteiger partial charge is 0.250 e. The summed E-state index contributed by atoms with van der Waals surface area (Å²) in [5, 5.41) is 0. The Morgan fingerprint density at radius 2 is 2.21 bits per heavy atom. The molecule has 0 aromatic carbocycles. The number of carbonyl (C=O) groups is 1. The van der Waals surface area contributed by atoms with E-state index in [-0.39, 0.29) is 5.91 Å². The summed E-state index contributed by atoms with van der Waals surface area (Å²) in [5.74, 6) is 0.966. The molecule has 1 aliphatic carbocycles. The SMILES string of the molecule is COC1=CCC2=C(C=C1)CN(C)C2=O. The van der Waals surface area contributed by atoms with Crippen LogP contribution in [0.15, 0.2) is 35.1 Å². The first-order valence-electron chi connectivity index (χ1n) is 4.62. The maximum atomic E-state index is 11.7. The van der Waals surface area contributed by atoms with Crippen LogP contribution in [0, 0.1) is 0 Å². The predicted octanol–water partition coefficient (Wildman–Crippen LogP) is 1.25. The first-order chi connectivity index (χ1) is 6.72. The Kier molecular flexibility index (Phi) is 2.15. The minimum atomic E-state index is 0.137. The molecule has 3 heteroatoms. The molecule has 1 amide bonds. The van der Waals surface area contributed by atoms with Crippen molar-refractivity contribution in [1.29, 1.82) is 0 Å². The number of rotatable bonds is 1. The lowest BCUT2D eigenvalue weighted by molar-refractivity contribution is -0.124. The quantitative estimate of drug-likeness (QED) is 0.624. The summed E-state index contributed by atoms with van der Waals surface area (Å²) in [6, 6.07) is 0. The minimum Gasteiger partial charge on any atom is -0.497 e. The molecule has 14 heavy (non-hydrogen) atoms. The Hall–Kier alpha value is -1.51. The van der Waals surface area contributed by atoms with Crippen LogP contribution in [0.4, 0.5) is 0 Å². The van der Waals surface area contributed by atoms with Gasteiger partial charge in [0.25, 0.3) is 0 Å². The number of carbonyl (C=O) groups excluding carboxylic acids is 1. The van der Waals surface area contributed by atoms with Crippen molar-refractivity contribution in [1.82, 2.24) is 4.90 Å². The van der Waals surface area contributed by atoms with Crippen LogP contribution in [0.25, 0.3) is 0 Å². The van der Waals surface area contributed by atoms with Crippen LogP contribution >= 0.6 is 0 Å². The van der Waals surface area contributed by atoms with E-state index in [1.807, 2.05) is 25.3 Å². The zero-order valence-electron chi connectivity index (χ0n) is 8.41. The van der Waals surface area contributed by atoms with Crippen LogP contribution in [0.3, 0.4) is 0 Å². The minimum absolute atomic E-state index is 0.137. The van der Waals surface area contributed by atoms with Crippen molar-refractivity contribution in [3.63, 3.8) is 0 Å². The van der Waals surface area contributed by atoms with E-state index in [9.17, 15) is 4.79 Å². The Morgan fingerprint density at radius 3 is 2.93 bits per heavy atom. The highest BCUT2D eigenvalue weighted by Gasteiger charge is 2.26. The van der Waals surface area contributed by atoms with E-state index in [1.165, 1.54) is 0 Å². The maximum Gasteiger partial charge on any atom is 0.250 e. The summed E-state index contributed by atoms with van der Waals surface area (Å²) < 4.78 is 5.12. The van der Waals surface area contributed by atoms with Crippen LogP contribution in [0.1, 0.15) is 6.42 Å². The second-order valence-electron chi connectivity index (χ2n) is 3.51. The molecule has 0 N–H and O–H groups in total. The van der Waals surface area contributed by atoms with Crippen molar-refractivity contribution in [2.24, 2.45) is 0 Å². The number of nitrogens with zero attached hydrogens (tertiary/aromatic N) is 1. The lowest BCUT2D eigenvalue weighted by Crippen LogP contribution is -2.21. The average Bonchev–Trinajstić information content (AvgIpc) is 2.40. The van der Waals surface area contributed by atoms with Gasteiger partial charge in [0.05, 0.1) is 7.11 Å². The zero-order chi connectivity index (χ0) is 10.1. The molecule has 1 heterocycles. The predicted molar refractivity (Wildman–Crippen MR) is 53.5 cm³/mol. The van der Waals surface area contributed by atoms with E-state index in [4.69, 9.17) is 4.74 Å². The number of ether oxygens (including phenoxy) is 1. The molecule has 2 rings (SSSR count). The fourth-order valence-electron chi connectivity index (χ4n) is 1.77. The molecule has 0 bridgehead atoms. The number of hydrogen-bond donors (Lipinski definition) is 0. The molecule has 0 unspecified atom stereocenters. The van der Waals surface area contributed by atoms with E-state index < -0.39 is 0 Å². The summed E-state index contributed by atoms with van der Waals surface area (Å²) >= 11 is 0. The van der Waals surface area contributed by atoms with Gasteiger partial charge in [0, 0.05) is 19.2 Å². The maximum absolute atomic E-state index is 11.7. The van der Waals surface area contributed by atoms with Crippen LogP contribution in [0.5, 0.6) is 0 Å². The first kappa shape index (κ1) is 9.06. The lowest BCUT2D eigenvalue weighted by atomic mass is 10.1. The average molecular weight is 191 g/mol. The number of amides is 1. The van der Waals surface area contributed by atoms with Gasteiger partial charge in [-0.3, -0.25) is 4.79 Å². The van der Waals surface area contributed by atoms with Crippen molar-refractivity contribution < 1.29 is 9.53 Å². The van der Waals surface area contributed by atoms with Gasteiger partial charge in [-0.05, 0) is 24.1 Å². The van der Waals surface area contributed by atoms with E-state index in [2.05, 4.69) is 0 Å². The molecular formula is C11H13NO2. The third-order valence-electron chi connectivity index (χ3n) is 2.59. The van der Waals surface area contributed by atoms with Gasteiger partial charge in [0.15, 0.2) is 0 Å². The molecule has 0 aromatic rings. The molecular weight excluding hydrogens is 178 g/mol. The molecule has 0 saturated heterocycles. The Labute approximate surface area is 83.3 Å². The van der Waals surface area contributed by atoms with Gasteiger partial charge in [-0.25, -0.2) is 0 Å². The van der Waals surface area contributed by atoms with Gasteiger partial charge in [0.2, 0.25) is 5.91 Å². The molecule has 0 saturated carbocycles. The molecule has 0 fully saturated rings. The number of hydrogen-bond acceptors (Lipinski definition) is 2. The largest absolute Gasteiger partial charge is 0.497 e. The Bertz CT molecular complexity index is 363. The molecule has 2 aliphatic rings. The van der Waals surface area contributed by atoms with Crippen LogP contribution in [-0.4, -0.2) is 31.5 Å². The van der Waals surface area contributed by atoms with E-state index in [0.29, 0.717) is 6.42 Å². The highest BCUT2D eigenvalue weighted by atomic mass is 16.5. The van der Waals surface area contributed by atoms with Crippen molar-refractivity contribution >= 4 is 5.91 Å². The normalized spacial score (nSPS) is 20.9. The fourth-order valence-corrected chi connectivity index (χ4v) is 1.77. The fraction of sp³-hybridized carbons (Fsp3) is 0.364. The van der Waals surface area contributed by atoms with Crippen LogP contribution in [-0.2, 0) is 9.53 Å². The zero-order valence-corrected chi connectivity index (χ0v) is 8.41. The summed E-state index contributed by atoms with van der Waals surface area (Å²) in [7, 11) is 3.46. The van der Waals surface area contributed by atoms with Crippen molar-refractivity contribution in [3.8, 4) is 0 Å². The number of likely N-dealkylation sites (N-methyl/N-ethyl adjacent to an activating group) is 1. The monoisotopic (exact) mass is 191 g/mol. The molecule has 3 nitrogen and oxygen atoms in total. The van der Waals surface area contributed by atoms with Gasteiger partial charge in [-0.15, -0.1) is 0 Å². The number of methoxy groups -OCH3 is 1. The lowest BCUT2D eigenvalue weighted by Gasteiger charge is -2.08. The topological polar surface area (TPSA) is 29.5 Å². The van der Waals surface area contributed by atoms with Crippen molar-refractivity contribution in [3.05, 3.63) is 35.1 Å². The first-order valence-corrected chi connectivity index (χ1v) is 4.62. The summed E-state index contributed by atoms with van der Waals surface area (Å²) in [6.07, 6.45) is 6.50. The molecule has 0 atom stereocenters. The number of allylic oxidation sites excluding steroid dienone is 2. The molecule has 0 spiro atoms. The third-order valence-corrected chi connectivity index (χ3v) is 2.59. The Morgan fingerprint density at radius 1 is 1.43 bits per heavy atom. The van der Waals surface area contributed by atoms with Gasteiger partial charge >= 0.3 is 0 Å². The highest BCUT2D eigenvalue weighted by molar-refractivity contribution is 5.98. The van der Waals surface area contributed by atoms with E-state index in [0.717, 1.165) is 23.5 Å². The summed E-state index contributed by atoms with van der Waals surface area (Å²) in [4.78, 5) is 13.4. The second-order valence-corrected chi connectivity index (χ2v) is 3.51. The van der Waals surface area contributed by atoms with Gasteiger partial charge in [-0.1, -0.05) is 6.08 Å². The second kappa shape index (κ2) is 3.33. The van der Waals surface area contributed by atoms with Gasteiger partial charge in [-0.2, -0.15) is 0 Å². The molecule has 1 aliphatic heterocycles. The van der Waals surface area contributed by atoms with E-state index in [1.54, 1.807) is 12.0 Å². The van der Waals surface area contributed by atoms with E-state index >= 15 is 0 Å². The molecule has 0 radical (unpaired) electrons. The van der Waals surface area contributed by atoms with Crippen LogP contribution < -0.4 is 0 Å². The molecule has 0 aromatic heterocycles. The molecule has 74 valence electrons. The van der Waals surface area contributed by atoms with Gasteiger partial charge in [0.1, 0.15) is 5.76 Å². The van der Waals surface area contributed by atoms with Crippen molar-refractivity contribution in [2.75, 3.05) is 20.7 Å². The Balaban J connectivity index is 2.28. The van der Waals surface area contributed by atoms with Gasteiger partial charge < -0.3 is 9.64 Å². The summed E-state index contributed by atoms with van der Waals surface area (Å²) in [6.45, 7) is 0.718.